The summed E-state index contributed by atoms with van der Waals surface area (Å²) in [5.74, 6) is 0.698. The van der Waals surface area contributed by atoms with E-state index in [2.05, 4.69) is 23.5 Å². The summed E-state index contributed by atoms with van der Waals surface area (Å²) < 4.78 is 7.34. The zero-order valence-corrected chi connectivity index (χ0v) is 22.4. The molecule has 1 spiro atoms. The van der Waals surface area contributed by atoms with Crippen LogP contribution in [0.15, 0.2) is 81.3 Å². The van der Waals surface area contributed by atoms with E-state index in [9.17, 15) is 9.59 Å². The van der Waals surface area contributed by atoms with Crippen molar-refractivity contribution in [2.75, 3.05) is 11.1 Å². The Morgan fingerprint density at radius 3 is 2.63 bits per heavy atom. The lowest BCUT2D eigenvalue weighted by Gasteiger charge is -2.42. The number of benzene rings is 2. The Balaban J connectivity index is 1.42. The lowest BCUT2D eigenvalue weighted by molar-refractivity contribution is -0.113. The maximum Gasteiger partial charge on any atom is 0.258 e. The van der Waals surface area contributed by atoms with Gasteiger partial charge in [0.2, 0.25) is 5.91 Å². The zero-order chi connectivity index (χ0) is 26.1. The predicted molar refractivity (Wildman–Crippen MR) is 151 cm³/mol. The van der Waals surface area contributed by atoms with Crippen LogP contribution in [0.3, 0.4) is 0 Å². The minimum absolute atomic E-state index is 0.00962. The van der Waals surface area contributed by atoms with E-state index in [1.807, 2.05) is 49.4 Å². The van der Waals surface area contributed by atoms with Crippen LogP contribution in [-0.2, 0) is 23.2 Å². The molecule has 194 valence electrons. The Labute approximate surface area is 226 Å². The highest BCUT2D eigenvalue weighted by Gasteiger charge is 2.43. The number of fused-ring (bicyclic) bond motifs is 4. The Hall–Kier alpha value is -3.58. The Kier molecular flexibility index (Phi) is 6.70. The topological polar surface area (TPSA) is 77.1 Å². The number of hydrogen-bond acceptors (Lipinski definition) is 5. The molecule has 1 N–H and O–H groups in total. The van der Waals surface area contributed by atoms with Crippen LogP contribution in [0, 0.1) is 6.92 Å². The second-order valence-electron chi connectivity index (χ2n) is 10.4. The van der Waals surface area contributed by atoms with Gasteiger partial charge in [-0.1, -0.05) is 73.5 Å². The molecule has 6 rings (SSSR count). The molecule has 0 saturated heterocycles. The van der Waals surface area contributed by atoms with E-state index >= 15 is 0 Å². The third-order valence-corrected chi connectivity index (χ3v) is 8.90. The lowest BCUT2D eigenvalue weighted by Crippen LogP contribution is -2.43. The van der Waals surface area contributed by atoms with Gasteiger partial charge in [-0.2, -0.15) is 0 Å². The van der Waals surface area contributed by atoms with Gasteiger partial charge in [-0.15, -0.1) is 0 Å². The Bertz CT molecular complexity index is 1530. The van der Waals surface area contributed by atoms with Crippen molar-refractivity contribution in [1.29, 1.82) is 0 Å². The van der Waals surface area contributed by atoms with E-state index in [4.69, 9.17) is 9.40 Å². The third kappa shape index (κ3) is 4.60. The molecule has 2 aromatic carbocycles. The number of carbonyl (C=O) groups excluding carboxylic acids is 1. The highest BCUT2D eigenvalue weighted by Crippen LogP contribution is 2.48. The fourth-order valence-corrected chi connectivity index (χ4v) is 6.85. The van der Waals surface area contributed by atoms with Gasteiger partial charge < -0.3 is 9.73 Å². The van der Waals surface area contributed by atoms with Gasteiger partial charge in [0, 0.05) is 16.7 Å². The molecule has 0 aliphatic heterocycles. The van der Waals surface area contributed by atoms with E-state index < -0.39 is 0 Å². The predicted octanol–water partition coefficient (Wildman–Crippen LogP) is 6.35. The van der Waals surface area contributed by atoms with E-state index in [1.165, 1.54) is 23.7 Å². The first-order valence-electron chi connectivity index (χ1n) is 13.3. The second-order valence-corrected chi connectivity index (χ2v) is 11.4. The summed E-state index contributed by atoms with van der Waals surface area (Å²) in [5.41, 5.74) is 5.51. The van der Waals surface area contributed by atoms with Gasteiger partial charge in [0.25, 0.3) is 5.56 Å². The molecule has 1 saturated carbocycles. The molecular formula is C31H31N3O3S. The van der Waals surface area contributed by atoms with Crippen LogP contribution in [0.2, 0.25) is 0 Å². The number of furan rings is 1. The monoisotopic (exact) mass is 525 g/mol. The molecule has 0 atom stereocenters. The van der Waals surface area contributed by atoms with Crippen LogP contribution in [0.4, 0.5) is 5.69 Å². The summed E-state index contributed by atoms with van der Waals surface area (Å²) in [4.78, 5) is 32.5. The van der Waals surface area contributed by atoms with E-state index in [-0.39, 0.29) is 29.2 Å². The van der Waals surface area contributed by atoms with Gasteiger partial charge in [-0.05, 0) is 55.5 Å². The largest absolute Gasteiger partial charge is 0.467 e. The molecule has 38 heavy (non-hydrogen) atoms. The van der Waals surface area contributed by atoms with Crippen LogP contribution >= 0.6 is 11.8 Å². The fourth-order valence-electron chi connectivity index (χ4n) is 6.06. The summed E-state index contributed by atoms with van der Waals surface area (Å²) in [6.07, 6.45) is 7.93. The number of nitrogens with one attached hydrogen (secondary N) is 1. The number of rotatable bonds is 6. The number of nitrogens with zero attached hydrogens (tertiary/aromatic N) is 2. The van der Waals surface area contributed by atoms with Crippen LogP contribution in [0.5, 0.6) is 0 Å². The molecule has 0 unspecified atom stereocenters. The third-order valence-electron chi connectivity index (χ3n) is 7.92. The quantitative estimate of drug-likeness (QED) is 0.235. The number of anilines is 1. The Morgan fingerprint density at radius 2 is 1.84 bits per heavy atom. The smallest absolute Gasteiger partial charge is 0.258 e. The number of carbonyl (C=O) groups is 1. The van der Waals surface area contributed by atoms with Crippen molar-refractivity contribution in [1.82, 2.24) is 9.55 Å². The molecule has 1 fully saturated rings. The molecule has 4 aromatic rings. The second kappa shape index (κ2) is 10.3. The molecule has 0 radical (unpaired) electrons. The van der Waals surface area contributed by atoms with Crippen molar-refractivity contribution < 1.29 is 9.21 Å². The van der Waals surface area contributed by atoms with Crippen molar-refractivity contribution in [2.45, 2.75) is 62.6 Å². The average molecular weight is 526 g/mol. The highest BCUT2D eigenvalue weighted by atomic mass is 32.2. The van der Waals surface area contributed by atoms with Gasteiger partial charge in [-0.3, -0.25) is 14.2 Å². The standard InChI is InChI=1S/C31H31N3O3S/c1-21-10-3-6-14-25(21)32-26(35)20-38-30-33-28-24-13-5-4-11-22(24)18-31(15-7-2-8-16-31)27(28)29(36)34(30)19-23-12-9-17-37-23/h3-6,9-14,17H,2,7-8,15-16,18-20H2,1H3,(H,32,35). The van der Waals surface area contributed by atoms with Gasteiger partial charge in [0.15, 0.2) is 5.16 Å². The van der Waals surface area contributed by atoms with Gasteiger partial charge in [-0.25, -0.2) is 4.98 Å². The van der Waals surface area contributed by atoms with Crippen molar-refractivity contribution in [3.05, 3.63) is 99.7 Å². The first-order valence-corrected chi connectivity index (χ1v) is 14.3. The molecule has 2 aromatic heterocycles. The van der Waals surface area contributed by atoms with Crippen LogP contribution < -0.4 is 10.9 Å². The molecule has 1 amide bonds. The number of thioether (sulfide) groups is 1. The molecule has 7 heteroatoms. The molecule has 6 nitrogen and oxygen atoms in total. The van der Waals surface area contributed by atoms with E-state index in [1.54, 1.807) is 10.8 Å². The highest BCUT2D eigenvalue weighted by molar-refractivity contribution is 7.99. The minimum Gasteiger partial charge on any atom is -0.467 e. The number of para-hydroxylation sites is 1. The first-order chi connectivity index (χ1) is 18.5. The number of hydrogen-bond donors (Lipinski definition) is 1. The number of aromatic nitrogens is 2. The van der Waals surface area contributed by atoms with Crippen molar-refractivity contribution in [3.63, 3.8) is 0 Å². The minimum atomic E-state index is -0.192. The van der Waals surface area contributed by atoms with Gasteiger partial charge in [0.05, 0.1) is 29.8 Å². The molecule has 2 aliphatic rings. The van der Waals surface area contributed by atoms with Crippen LogP contribution in [0.25, 0.3) is 11.3 Å². The summed E-state index contributed by atoms with van der Waals surface area (Å²) in [5, 5.41) is 3.53. The normalized spacial score (nSPS) is 15.6. The first kappa shape index (κ1) is 24.7. The summed E-state index contributed by atoms with van der Waals surface area (Å²) >= 11 is 1.30. The molecule has 0 bridgehead atoms. The molecule has 2 heterocycles. The summed E-state index contributed by atoms with van der Waals surface area (Å²) in [6, 6.07) is 19.7. The fraction of sp³-hybridized carbons (Fsp3) is 0.323. The van der Waals surface area contributed by atoms with Crippen molar-refractivity contribution >= 4 is 23.4 Å². The van der Waals surface area contributed by atoms with Crippen LogP contribution in [-0.4, -0.2) is 21.2 Å². The average Bonchev–Trinajstić information content (AvgIpc) is 3.44. The van der Waals surface area contributed by atoms with E-state index in [0.717, 1.165) is 60.2 Å². The maximum absolute atomic E-state index is 14.4. The Morgan fingerprint density at radius 1 is 1.05 bits per heavy atom. The maximum atomic E-state index is 14.4. The number of aryl methyl sites for hydroxylation is 1. The summed E-state index contributed by atoms with van der Waals surface area (Å²) in [6.45, 7) is 2.25. The van der Waals surface area contributed by atoms with Crippen molar-refractivity contribution in [3.8, 4) is 11.3 Å². The zero-order valence-electron chi connectivity index (χ0n) is 21.5. The van der Waals surface area contributed by atoms with E-state index in [0.29, 0.717) is 10.9 Å². The van der Waals surface area contributed by atoms with Crippen LogP contribution in [0.1, 0.15) is 54.6 Å². The van der Waals surface area contributed by atoms with Gasteiger partial charge in [0.1, 0.15) is 5.76 Å². The van der Waals surface area contributed by atoms with Gasteiger partial charge >= 0.3 is 0 Å². The molecule has 2 aliphatic carbocycles. The number of amides is 1. The SMILES string of the molecule is Cc1ccccc1NC(=O)CSc1nc2c(c(=O)n1Cc1ccco1)C1(CCCCC1)Cc1ccccc1-2. The van der Waals surface area contributed by atoms with Crippen molar-refractivity contribution in [2.24, 2.45) is 0 Å². The lowest BCUT2D eigenvalue weighted by atomic mass is 9.62. The molecular weight excluding hydrogens is 494 g/mol. The summed E-state index contributed by atoms with van der Waals surface area (Å²) in [7, 11) is 0.